The summed E-state index contributed by atoms with van der Waals surface area (Å²) in [5, 5.41) is 13.3. The number of nitrogens with zero attached hydrogens (tertiary/aromatic N) is 1. The van der Waals surface area contributed by atoms with Crippen molar-refractivity contribution in [3.8, 4) is 5.75 Å². The second kappa shape index (κ2) is 13.3. The molecule has 8 nitrogen and oxygen atoms in total. The van der Waals surface area contributed by atoms with E-state index in [0.29, 0.717) is 18.7 Å². The van der Waals surface area contributed by atoms with E-state index in [1.54, 1.807) is 12.1 Å². The molecular formula is C31H40N2O6. The van der Waals surface area contributed by atoms with Gasteiger partial charge >= 0.3 is 11.9 Å². The van der Waals surface area contributed by atoms with E-state index in [1.807, 2.05) is 39.0 Å². The van der Waals surface area contributed by atoms with Crippen LogP contribution in [0.1, 0.15) is 80.6 Å². The molecule has 0 fully saturated rings. The summed E-state index contributed by atoms with van der Waals surface area (Å²) in [5.74, 6) is -1.70. The molecule has 1 aromatic heterocycles. The number of benzene rings is 2. The van der Waals surface area contributed by atoms with Crippen molar-refractivity contribution in [3.63, 3.8) is 0 Å². The molecule has 0 saturated carbocycles. The van der Waals surface area contributed by atoms with Gasteiger partial charge in [-0.3, -0.25) is 9.59 Å². The van der Waals surface area contributed by atoms with E-state index < -0.39 is 24.0 Å². The van der Waals surface area contributed by atoms with Gasteiger partial charge in [0.2, 0.25) is 5.91 Å². The fourth-order valence-electron chi connectivity index (χ4n) is 5.04. The van der Waals surface area contributed by atoms with Gasteiger partial charge in [0.15, 0.2) is 0 Å². The lowest BCUT2D eigenvalue weighted by Crippen LogP contribution is -2.38. The van der Waals surface area contributed by atoms with Crippen LogP contribution in [0.25, 0.3) is 10.9 Å². The number of esters is 1. The fourth-order valence-corrected chi connectivity index (χ4v) is 5.04. The highest BCUT2D eigenvalue weighted by Gasteiger charge is 2.35. The first-order valence-corrected chi connectivity index (χ1v) is 13.6. The SMILES string of the molecule is CCCNC(=O)C(C(C)C)C(OC(C)=O)c1ccc2c(c1)c(Cc1ccc(C(=O)O)cc1OC)cn2CCC. The quantitative estimate of drug-likeness (QED) is 0.269. The van der Waals surface area contributed by atoms with E-state index in [4.69, 9.17) is 9.47 Å². The first-order chi connectivity index (χ1) is 18.6. The van der Waals surface area contributed by atoms with Crippen LogP contribution in [0.4, 0.5) is 0 Å². The number of carboxylic acid groups (broad SMARTS) is 1. The molecule has 8 heteroatoms. The third-order valence-electron chi connectivity index (χ3n) is 6.88. The van der Waals surface area contributed by atoms with Crippen molar-refractivity contribution in [2.75, 3.05) is 13.7 Å². The van der Waals surface area contributed by atoms with Gasteiger partial charge in [-0.1, -0.05) is 39.8 Å². The zero-order chi connectivity index (χ0) is 28.7. The Morgan fingerprint density at radius 3 is 2.36 bits per heavy atom. The number of carboxylic acids is 1. The van der Waals surface area contributed by atoms with E-state index in [1.165, 1.54) is 20.1 Å². The van der Waals surface area contributed by atoms with E-state index in [0.717, 1.165) is 47.0 Å². The molecule has 2 atom stereocenters. The molecule has 210 valence electrons. The predicted octanol–water partition coefficient (Wildman–Crippen LogP) is 5.75. The lowest BCUT2D eigenvalue weighted by Gasteiger charge is -2.29. The second-order valence-corrected chi connectivity index (χ2v) is 10.2. The number of aromatic nitrogens is 1. The Hall–Kier alpha value is -3.81. The second-order valence-electron chi connectivity index (χ2n) is 10.2. The Morgan fingerprint density at radius 2 is 1.77 bits per heavy atom. The molecule has 0 aliphatic heterocycles. The van der Waals surface area contributed by atoms with Gasteiger partial charge in [0, 0.05) is 43.5 Å². The molecule has 2 unspecified atom stereocenters. The third kappa shape index (κ3) is 6.99. The molecule has 0 spiro atoms. The molecule has 0 radical (unpaired) electrons. The number of aromatic carboxylic acids is 1. The number of amides is 1. The number of nitrogens with one attached hydrogen (secondary N) is 1. The van der Waals surface area contributed by atoms with E-state index in [-0.39, 0.29) is 17.4 Å². The van der Waals surface area contributed by atoms with Gasteiger partial charge in [-0.2, -0.15) is 0 Å². The smallest absolute Gasteiger partial charge is 0.335 e. The normalized spacial score (nSPS) is 12.8. The van der Waals surface area contributed by atoms with Crippen molar-refractivity contribution in [2.45, 2.75) is 66.5 Å². The number of carbonyl (C=O) groups is 3. The van der Waals surface area contributed by atoms with Gasteiger partial charge in [-0.05, 0) is 59.7 Å². The fraction of sp³-hybridized carbons (Fsp3) is 0.452. The zero-order valence-corrected chi connectivity index (χ0v) is 23.7. The Labute approximate surface area is 230 Å². The number of fused-ring (bicyclic) bond motifs is 1. The molecular weight excluding hydrogens is 496 g/mol. The van der Waals surface area contributed by atoms with E-state index >= 15 is 0 Å². The number of carbonyl (C=O) groups excluding carboxylic acids is 2. The highest BCUT2D eigenvalue weighted by Crippen LogP contribution is 2.36. The van der Waals surface area contributed by atoms with Crippen LogP contribution in [-0.2, 0) is 27.3 Å². The number of rotatable bonds is 13. The molecule has 39 heavy (non-hydrogen) atoms. The van der Waals surface area contributed by atoms with Crippen molar-refractivity contribution in [3.05, 3.63) is 64.8 Å². The molecule has 2 N–H and O–H groups in total. The summed E-state index contributed by atoms with van der Waals surface area (Å²) >= 11 is 0. The van der Waals surface area contributed by atoms with Crippen LogP contribution < -0.4 is 10.1 Å². The van der Waals surface area contributed by atoms with Crippen molar-refractivity contribution in [1.29, 1.82) is 0 Å². The summed E-state index contributed by atoms with van der Waals surface area (Å²) in [6.07, 6.45) is 3.65. The molecule has 3 aromatic rings. The number of hydrogen-bond donors (Lipinski definition) is 2. The topological polar surface area (TPSA) is 107 Å². The van der Waals surface area contributed by atoms with Gasteiger partial charge in [0.1, 0.15) is 11.9 Å². The number of methoxy groups -OCH3 is 1. The largest absolute Gasteiger partial charge is 0.496 e. The van der Waals surface area contributed by atoms with E-state index in [2.05, 4.69) is 23.0 Å². The summed E-state index contributed by atoms with van der Waals surface area (Å²) in [6.45, 7) is 10.8. The third-order valence-corrected chi connectivity index (χ3v) is 6.88. The van der Waals surface area contributed by atoms with Crippen molar-refractivity contribution < 1.29 is 29.0 Å². The van der Waals surface area contributed by atoms with Crippen LogP contribution in [0.2, 0.25) is 0 Å². The monoisotopic (exact) mass is 536 g/mol. The van der Waals surface area contributed by atoms with Gasteiger partial charge in [0.05, 0.1) is 18.6 Å². The van der Waals surface area contributed by atoms with Crippen LogP contribution in [0.5, 0.6) is 5.75 Å². The van der Waals surface area contributed by atoms with Crippen molar-refractivity contribution >= 4 is 28.7 Å². The standard InChI is InChI=1S/C31H40N2O6/c1-7-13-32-30(35)28(19(3)4)29(39-20(5)34)22-11-12-26-25(16-22)24(18-33(26)14-8-2)15-21-9-10-23(31(36)37)17-27(21)38-6/h9-12,16-19,28-29H,7-8,13-15H2,1-6H3,(H,32,35)(H,36,37). The number of hydrogen-bond acceptors (Lipinski definition) is 5. The highest BCUT2D eigenvalue weighted by molar-refractivity contribution is 5.89. The number of aryl methyl sites for hydroxylation is 1. The first-order valence-electron chi connectivity index (χ1n) is 13.6. The maximum absolute atomic E-state index is 13.2. The Bertz CT molecular complexity index is 1330. The van der Waals surface area contributed by atoms with Crippen LogP contribution in [0.3, 0.4) is 0 Å². The molecule has 0 saturated heterocycles. The van der Waals surface area contributed by atoms with Crippen LogP contribution >= 0.6 is 0 Å². The summed E-state index contributed by atoms with van der Waals surface area (Å²) < 4.78 is 13.5. The van der Waals surface area contributed by atoms with Gasteiger partial charge in [-0.25, -0.2) is 4.79 Å². The minimum absolute atomic E-state index is 0.0666. The van der Waals surface area contributed by atoms with Crippen LogP contribution in [0.15, 0.2) is 42.6 Å². The average molecular weight is 537 g/mol. The molecule has 0 aliphatic rings. The van der Waals surface area contributed by atoms with Crippen molar-refractivity contribution in [1.82, 2.24) is 9.88 Å². The van der Waals surface area contributed by atoms with Crippen molar-refractivity contribution in [2.24, 2.45) is 11.8 Å². The summed E-state index contributed by atoms with van der Waals surface area (Å²) in [7, 11) is 1.53. The molecule has 1 heterocycles. The Morgan fingerprint density at radius 1 is 1.03 bits per heavy atom. The Balaban J connectivity index is 2.13. The molecule has 0 aliphatic carbocycles. The molecule has 2 aromatic carbocycles. The summed E-state index contributed by atoms with van der Waals surface area (Å²) in [4.78, 5) is 36.8. The van der Waals surface area contributed by atoms with Gasteiger partial charge < -0.3 is 24.5 Å². The lowest BCUT2D eigenvalue weighted by atomic mass is 9.85. The van der Waals surface area contributed by atoms with Crippen LogP contribution in [-0.4, -0.2) is 41.2 Å². The number of ether oxygens (including phenoxy) is 2. The minimum Gasteiger partial charge on any atom is -0.496 e. The lowest BCUT2D eigenvalue weighted by molar-refractivity contribution is -0.153. The maximum Gasteiger partial charge on any atom is 0.335 e. The summed E-state index contributed by atoms with van der Waals surface area (Å²) in [5.41, 5.74) is 3.84. The van der Waals surface area contributed by atoms with E-state index in [9.17, 15) is 19.5 Å². The highest BCUT2D eigenvalue weighted by atomic mass is 16.5. The first kappa shape index (κ1) is 29.7. The maximum atomic E-state index is 13.2. The van der Waals surface area contributed by atoms with Crippen LogP contribution in [0, 0.1) is 11.8 Å². The van der Waals surface area contributed by atoms with Gasteiger partial charge in [0.25, 0.3) is 0 Å². The Kier molecular flexibility index (Phi) is 10.2. The predicted molar refractivity (Wildman–Crippen MR) is 151 cm³/mol. The molecule has 1 amide bonds. The zero-order valence-electron chi connectivity index (χ0n) is 23.7. The summed E-state index contributed by atoms with van der Waals surface area (Å²) in [6, 6.07) is 10.9. The average Bonchev–Trinajstić information content (AvgIpc) is 3.23. The minimum atomic E-state index is -1.01. The molecule has 3 rings (SSSR count). The van der Waals surface area contributed by atoms with Gasteiger partial charge in [-0.15, -0.1) is 0 Å². The molecule has 0 bridgehead atoms.